The molecule has 0 aromatic heterocycles. The fraction of sp³-hybridized carbons (Fsp3) is 0.125. The smallest absolute Gasteiger partial charge is 0.318 e. The Balaban J connectivity index is 1.97. The molecule has 0 heterocycles. The van der Waals surface area contributed by atoms with E-state index >= 15 is 0 Å². The fourth-order valence-corrected chi connectivity index (χ4v) is 3.05. The summed E-state index contributed by atoms with van der Waals surface area (Å²) in [5.41, 5.74) is 0.772. The van der Waals surface area contributed by atoms with Crippen LogP contribution in [0.5, 0.6) is 23.0 Å². The molecule has 172 valence electrons. The minimum atomic E-state index is -0.756. The average molecular weight is 461 g/mol. The van der Waals surface area contributed by atoms with Crippen molar-refractivity contribution in [2.24, 2.45) is 0 Å². The number of nitro benzene ring substituents is 2. The highest BCUT2D eigenvalue weighted by molar-refractivity contribution is 5.90. The van der Waals surface area contributed by atoms with Crippen molar-refractivity contribution in [1.82, 2.24) is 0 Å². The first-order valence-electron chi connectivity index (χ1n) is 10.00. The molecule has 3 aromatic rings. The molecule has 0 saturated heterocycles. The van der Waals surface area contributed by atoms with E-state index in [1.165, 1.54) is 0 Å². The molecule has 0 saturated carbocycles. The second-order valence-electron chi connectivity index (χ2n) is 6.81. The molecule has 0 aliphatic rings. The van der Waals surface area contributed by atoms with Crippen LogP contribution in [0.15, 0.2) is 60.7 Å². The summed E-state index contributed by atoms with van der Waals surface area (Å²) in [4.78, 5) is 20.9. The Morgan fingerprint density at radius 1 is 0.971 bits per heavy atom. The quantitative estimate of drug-likeness (QED) is 0.169. The van der Waals surface area contributed by atoms with E-state index < -0.39 is 21.2 Å². The fourth-order valence-electron chi connectivity index (χ4n) is 3.05. The van der Waals surface area contributed by atoms with Gasteiger partial charge in [-0.1, -0.05) is 6.07 Å². The van der Waals surface area contributed by atoms with E-state index in [4.69, 9.17) is 14.2 Å². The van der Waals surface area contributed by atoms with Gasteiger partial charge in [0.15, 0.2) is 11.5 Å². The van der Waals surface area contributed by atoms with Gasteiger partial charge in [-0.15, -0.1) is 0 Å². The highest BCUT2D eigenvalue weighted by Gasteiger charge is 2.22. The van der Waals surface area contributed by atoms with Crippen LogP contribution in [0.25, 0.3) is 11.6 Å². The van der Waals surface area contributed by atoms with Crippen molar-refractivity contribution in [3.63, 3.8) is 0 Å². The average Bonchev–Trinajstić information content (AvgIpc) is 2.84. The number of non-ortho nitro benzene ring substituents is 1. The molecule has 34 heavy (non-hydrogen) atoms. The van der Waals surface area contributed by atoms with Crippen molar-refractivity contribution in [3.05, 3.63) is 92.0 Å². The van der Waals surface area contributed by atoms with Crippen LogP contribution in [0.4, 0.5) is 11.4 Å². The molecule has 0 spiro atoms. The predicted octanol–water partition coefficient (Wildman–Crippen LogP) is 5.77. The third-order valence-corrected chi connectivity index (χ3v) is 4.67. The van der Waals surface area contributed by atoms with Gasteiger partial charge in [-0.2, -0.15) is 5.26 Å². The lowest BCUT2D eigenvalue weighted by molar-refractivity contribution is -0.394. The van der Waals surface area contributed by atoms with Gasteiger partial charge in [0.2, 0.25) is 5.75 Å². The lowest BCUT2D eigenvalue weighted by Crippen LogP contribution is -1.99. The van der Waals surface area contributed by atoms with E-state index in [0.717, 1.165) is 18.2 Å². The molecule has 0 bridgehead atoms. The molecule has 0 unspecified atom stereocenters. The van der Waals surface area contributed by atoms with Crippen LogP contribution in [0.2, 0.25) is 0 Å². The highest BCUT2D eigenvalue weighted by atomic mass is 16.6. The topological polar surface area (TPSA) is 138 Å². The number of nitro groups is 2. The number of benzene rings is 3. The van der Waals surface area contributed by atoms with Gasteiger partial charge in [0.05, 0.1) is 41.3 Å². The monoisotopic (exact) mass is 461 g/mol. The molecule has 0 fully saturated rings. The first kappa shape index (κ1) is 23.7. The predicted molar refractivity (Wildman–Crippen MR) is 124 cm³/mol. The standard InChI is InChI=1S/C24H19N3O7/c1-3-33-24-13-16(12-18(15-25)17-5-8-20(32-2)9-6-17)4-10-23(24)34-22-11-7-19(26(28)29)14-21(22)27(30)31/h4-14H,3H2,1-2H3/b18-12+. The highest BCUT2D eigenvalue weighted by Crippen LogP contribution is 2.39. The number of ether oxygens (including phenoxy) is 3. The van der Waals surface area contributed by atoms with Crippen molar-refractivity contribution in [3.8, 4) is 29.1 Å². The number of methoxy groups -OCH3 is 1. The summed E-state index contributed by atoms with van der Waals surface area (Å²) in [5.74, 6) is 0.965. The minimum Gasteiger partial charge on any atom is -0.497 e. The van der Waals surface area contributed by atoms with E-state index in [1.807, 2.05) is 0 Å². The molecular formula is C24H19N3O7. The summed E-state index contributed by atoms with van der Waals surface area (Å²) in [6.07, 6.45) is 1.67. The van der Waals surface area contributed by atoms with Crippen LogP contribution in [-0.2, 0) is 0 Å². The lowest BCUT2D eigenvalue weighted by atomic mass is 10.0. The Bertz CT molecular complexity index is 1290. The van der Waals surface area contributed by atoms with E-state index in [2.05, 4.69) is 6.07 Å². The summed E-state index contributed by atoms with van der Waals surface area (Å²) in [5, 5.41) is 32.0. The number of allylic oxidation sites excluding steroid dienone is 1. The first-order chi connectivity index (χ1) is 16.4. The second kappa shape index (κ2) is 10.6. The Labute approximate surface area is 194 Å². The van der Waals surface area contributed by atoms with Gasteiger partial charge in [0.25, 0.3) is 5.69 Å². The maximum absolute atomic E-state index is 11.4. The normalized spacial score (nSPS) is 10.8. The van der Waals surface area contributed by atoms with Crippen molar-refractivity contribution in [1.29, 1.82) is 5.26 Å². The van der Waals surface area contributed by atoms with Crippen molar-refractivity contribution in [2.45, 2.75) is 6.92 Å². The Morgan fingerprint density at radius 3 is 2.26 bits per heavy atom. The molecule has 10 nitrogen and oxygen atoms in total. The SMILES string of the molecule is CCOc1cc(/C=C(\C#N)c2ccc(OC)cc2)ccc1Oc1ccc([N+](=O)[O-])cc1[N+](=O)[O-]. The number of hydrogen-bond acceptors (Lipinski definition) is 8. The van der Waals surface area contributed by atoms with Crippen molar-refractivity contribution in [2.75, 3.05) is 13.7 Å². The third kappa shape index (κ3) is 5.46. The molecule has 0 atom stereocenters. The zero-order valence-electron chi connectivity index (χ0n) is 18.3. The van der Waals surface area contributed by atoms with E-state index in [9.17, 15) is 25.5 Å². The van der Waals surface area contributed by atoms with Gasteiger partial charge >= 0.3 is 5.69 Å². The molecule has 0 radical (unpaired) electrons. The lowest BCUT2D eigenvalue weighted by Gasteiger charge is -2.13. The number of hydrogen-bond donors (Lipinski definition) is 0. The molecule has 0 aliphatic carbocycles. The first-order valence-corrected chi connectivity index (χ1v) is 10.00. The van der Waals surface area contributed by atoms with E-state index in [-0.39, 0.29) is 23.9 Å². The van der Waals surface area contributed by atoms with E-state index in [0.29, 0.717) is 22.4 Å². The molecule has 0 amide bonds. The van der Waals surface area contributed by atoms with Crippen molar-refractivity contribution >= 4 is 23.0 Å². The van der Waals surface area contributed by atoms with Gasteiger partial charge in [0, 0.05) is 6.07 Å². The summed E-state index contributed by atoms with van der Waals surface area (Å²) >= 11 is 0. The number of rotatable bonds is 9. The van der Waals surface area contributed by atoms with Crippen LogP contribution < -0.4 is 14.2 Å². The Morgan fingerprint density at radius 2 is 1.68 bits per heavy atom. The van der Waals surface area contributed by atoms with Gasteiger partial charge < -0.3 is 14.2 Å². The maximum atomic E-state index is 11.4. The second-order valence-corrected chi connectivity index (χ2v) is 6.81. The van der Waals surface area contributed by atoms with Gasteiger partial charge in [-0.3, -0.25) is 20.2 Å². The third-order valence-electron chi connectivity index (χ3n) is 4.67. The zero-order valence-corrected chi connectivity index (χ0v) is 18.3. The number of nitriles is 1. The number of nitrogens with zero attached hydrogens (tertiary/aromatic N) is 3. The zero-order chi connectivity index (χ0) is 24.7. The maximum Gasteiger partial charge on any atom is 0.318 e. The van der Waals surface area contributed by atoms with Crippen LogP contribution in [0, 0.1) is 31.6 Å². The van der Waals surface area contributed by atoms with Crippen LogP contribution in [0.3, 0.4) is 0 Å². The van der Waals surface area contributed by atoms with Gasteiger partial charge in [-0.25, -0.2) is 0 Å². The Hall–Kier alpha value is -4.91. The summed E-state index contributed by atoms with van der Waals surface area (Å²) in [6.45, 7) is 2.05. The van der Waals surface area contributed by atoms with E-state index in [1.54, 1.807) is 62.6 Å². The largest absolute Gasteiger partial charge is 0.497 e. The molecule has 0 aliphatic heterocycles. The summed E-state index contributed by atoms with van der Waals surface area (Å²) in [6, 6.07) is 17.2. The molecule has 10 heteroatoms. The summed E-state index contributed by atoms with van der Waals surface area (Å²) in [7, 11) is 1.56. The van der Waals surface area contributed by atoms with Gasteiger partial charge in [0.1, 0.15) is 5.75 Å². The molecular weight excluding hydrogens is 442 g/mol. The van der Waals surface area contributed by atoms with Gasteiger partial charge in [-0.05, 0) is 66.6 Å². The molecule has 3 aromatic carbocycles. The summed E-state index contributed by atoms with van der Waals surface area (Å²) < 4.78 is 16.5. The van der Waals surface area contributed by atoms with Crippen LogP contribution in [-0.4, -0.2) is 23.6 Å². The minimum absolute atomic E-state index is 0.171. The van der Waals surface area contributed by atoms with Crippen LogP contribution in [0.1, 0.15) is 18.1 Å². The van der Waals surface area contributed by atoms with Crippen LogP contribution >= 0.6 is 0 Å². The Kier molecular flexibility index (Phi) is 7.41. The molecule has 3 rings (SSSR count). The molecule has 0 N–H and O–H groups in total. The van der Waals surface area contributed by atoms with Crippen molar-refractivity contribution < 1.29 is 24.1 Å².